The van der Waals surface area contributed by atoms with E-state index in [1.54, 1.807) is 13.8 Å². The molecule has 0 bridgehead atoms. The topological polar surface area (TPSA) is 105 Å². The number of nitrogens with one attached hydrogen (secondary N) is 1. The Morgan fingerprint density at radius 2 is 1.64 bits per heavy atom. The molecule has 0 fully saturated rings. The number of sulfonamides is 1. The molecule has 25 heavy (non-hydrogen) atoms. The van der Waals surface area contributed by atoms with E-state index in [2.05, 4.69) is 32.4 Å². The summed E-state index contributed by atoms with van der Waals surface area (Å²) in [6, 6.07) is 2.65. The lowest BCUT2D eigenvalue weighted by molar-refractivity contribution is 0.194. The number of pyridine rings is 1. The van der Waals surface area contributed by atoms with Crippen LogP contribution < -0.4 is 10.3 Å². The Labute approximate surface area is 150 Å². The molecular formula is C17H30N2O5S. The molecule has 8 heteroatoms. The van der Waals surface area contributed by atoms with Crippen molar-refractivity contribution in [3.05, 3.63) is 28.2 Å². The monoisotopic (exact) mass is 374 g/mol. The number of aromatic nitrogens is 1. The van der Waals surface area contributed by atoms with Crippen molar-refractivity contribution in [3.63, 3.8) is 0 Å². The first-order valence-electron chi connectivity index (χ1n) is 8.22. The second kappa shape index (κ2) is 9.03. The van der Waals surface area contributed by atoms with Crippen LogP contribution in [0.1, 0.15) is 60.1 Å². The number of hydrogen-bond acceptors (Lipinski definition) is 4. The van der Waals surface area contributed by atoms with Crippen molar-refractivity contribution < 1.29 is 18.3 Å². The van der Waals surface area contributed by atoms with E-state index in [0.717, 1.165) is 0 Å². The average Bonchev–Trinajstić information content (AvgIpc) is 2.41. The molecule has 7 nitrogen and oxygen atoms in total. The Bertz CT molecular complexity index is 735. The molecule has 1 rings (SSSR count). The van der Waals surface area contributed by atoms with Gasteiger partial charge in [0.05, 0.1) is 5.25 Å². The molecule has 0 aromatic carbocycles. The van der Waals surface area contributed by atoms with E-state index >= 15 is 0 Å². The third-order valence-electron chi connectivity index (χ3n) is 3.07. The lowest BCUT2D eigenvalue weighted by Crippen LogP contribution is -2.34. The lowest BCUT2D eigenvalue weighted by Gasteiger charge is -2.16. The number of carboxylic acid groups (broad SMARTS) is 1. The van der Waals surface area contributed by atoms with Gasteiger partial charge in [-0.2, -0.15) is 0 Å². The van der Waals surface area contributed by atoms with E-state index in [-0.39, 0.29) is 11.4 Å². The molecule has 1 aromatic rings. The largest absolute Gasteiger partial charge is 0.464 e. The highest BCUT2D eigenvalue weighted by Crippen LogP contribution is 2.14. The normalized spacial score (nSPS) is 11.7. The van der Waals surface area contributed by atoms with Crippen LogP contribution in [0.2, 0.25) is 0 Å². The molecule has 0 unspecified atom stereocenters. The Kier molecular flexibility index (Phi) is 8.37. The second-order valence-electron chi connectivity index (χ2n) is 7.40. The average molecular weight is 375 g/mol. The molecular weight excluding hydrogens is 344 g/mol. The zero-order valence-electron chi connectivity index (χ0n) is 16.1. The predicted molar refractivity (Wildman–Crippen MR) is 101 cm³/mol. The first-order valence-corrected chi connectivity index (χ1v) is 9.76. The van der Waals surface area contributed by atoms with Crippen molar-refractivity contribution in [2.45, 2.75) is 66.6 Å². The summed E-state index contributed by atoms with van der Waals surface area (Å²) in [5.74, 6) is 0. The molecule has 0 aliphatic rings. The van der Waals surface area contributed by atoms with Gasteiger partial charge in [-0.1, -0.05) is 41.5 Å². The van der Waals surface area contributed by atoms with Crippen molar-refractivity contribution in [2.24, 2.45) is 5.41 Å². The van der Waals surface area contributed by atoms with Gasteiger partial charge in [0.25, 0.3) is 5.56 Å². The van der Waals surface area contributed by atoms with Gasteiger partial charge in [-0.15, -0.1) is 0 Å². The fourth-order valence-corrected chi connectivity index (χ4v) is 3.42. The maximum absolute atomic E-state index is 12.1. The fraction of sp³-hybridized carbons (Fsp3) is 0.647. The first-order chi connectivity index (χ1) is 11.2. The van der Waals surface area contributed by atoms with Crippen LogP contribution in [0.4, 0.5) is 10.5 Å². The predicted octanol–water partition coefficient (Wildman–Crippen LogP) is 3.67. The van der Waals surface area contributed by atoms with Gasteiger partial charge in [0.1, 0.15) is 5.69 Å². The third-order valence-corrected chi connectivity index (χ3v) is 5.12. The van der Waals surface area contributed by atoms with Crippen LogP contribution in [0, 0.1) is 12.3 Å². The molecule has 0 saturated carbocycles. The summed E-state index contributed by atoms with van der Waals surface area (Å²) in [7, 11) is -3.71. The molecule has 1 aromatic heterocycles. The molecule has 0 radical (unpaired) electrons. The standard InChI is InChI=1S/C12H18N2O5S.C5H12/c1-4-9(5-2)20(18,19)13-10-7-6-8(3)14(11(10)15)12(16)17;1-5(2,3)4/h6-7,9,13H,4-5H2,1-3H3,(H,16,17);1-4H3. The molecule has 0 spiro atoms. The molecule has 2 N–H and O–H groups in total. The highest BCUT2D eigenvalue weighted by Gasteiger charge is 2.24. The van der Waals surface area contributed by atoms with Gasteiger partial charge in [0.2, 0.25) is 10.0 Å². The highest BCUT2D eigenvalue weighted by molar-refractivity contribution is 7.93. The summed E-state index contributed by atoms with van der Waals surface area (Å²) >= 11 is 0. The van der Waals surface area contributed by atoms with E-state index in [1.165, 1.54) is 19.1 Å². The van der Waals surface area contributed by atoms with Crippen LogP contribution in [-0.2, 0) is 10.0 Å². The van der Waals surface area contributed by atoms with E-state index in [4.69, 9.17) is 5.11 Å². The third kappa shape index (κ3) is 7.72. The lowest BCUT2D eigenvalue weighted by atomic mass is 10.0. The van der Waals surface area contributed by atoms with Crippen LogP contribution in [-0.4, -0.2) is 29.4 Å². The van der Waals surface area contributed by atoms with Crippen LogP contribution in [0.5, 0.6) is 0 Å². The maximum atomic E-state index is 12.1. The zero-order valence-corrected chi connectivity index (χ0v) is 16.9. The quantitative estimate of drug-likeness (QED) is 0.818. The first kappa shape index (κ1) is 23.2. The van der Waals surface area contributed by atoms with Crippen LogP contribution in [0.25, 0.3) is 0 Å². The van der Waals surface area contributed by atoms with Gasteiger partial charge in [0, 0.05) is 5.69 Å². The fourth-order valence-electron chi connectivity index (χ4n) is 1.91. The summed E-state index contributed by atoms with van der Waals surface area (Å²) in [4.78, 5) is 23.0. The van der Waals surface area contributed by atoms with Crippen LogP contribution in [0.15, 0.2) is 16.9 Å². The van der Waals surface area contributed by atoms with Gasteiger partial charge < -0.3 is 5.11 Å². The number of aryl methyl sites for hydroxylation is 1. The molecule has 1 heterocycles. The van der Waals surface area contributed by atoms with Gasteiger partial charge >= 0.3 is 6.09 Å². The van der Waals surface area contributed by atoms with Crippen molar-refractivity contribution >= 4 is 21.8 Å². The maximum Gasteiger partial charge on any atom is 0.418 e. The number of hydrogen-bond donors (Lipinski definition) is 2. The van der Waals surface area contributed by atoms with Crippen LogP contribution in [0.3, 0.4) is 0 Å². The number of anilines is 1. The van der Waals surface area contributed by atoms with Crippen molar-refractivity contribution in [2.75, 3.05) is 4.72 Å². The SMILES string of the molecule is CC(C)(C)C.CCC(CC)S(=O)(=O)Nc1ccc(C)n(C(=O)O)c1=O. The Morgan fingerprint density at radius 3 is 2.00 bits per heavy atom. The number of nitrogens with zero attached hydrogens (tertiary/aromatic N) is 1. The molecule has 0 saturated heterocycles. The summed E-state index contributed by atoms with van der Waals surface area (Å²) in [6.45, 7) is 13.7. The van der Waals surface area contributed by atoms with Crippen molar-refractivity contribution in [1.29, 1.82) is 0 Å². The minimum atomic E-state index is -3.71. The Hall–Kier alpha value is -1.83. The molecule has 0 atom stereocenters. The summed E-state index contributed by atoms with van der Waals surface area (Å²) < 4.78 is 26.8. The molecule has 0 aliphatic carbocycles. The van der Waals surface area contributed by atoms with Gasteiger partial charge in [0.15, 0.2) is 0 Å². The zero-order chi connectivity index (χ0) is 20.0. The summed E-state index contributed by atoms with van der Waals surface area (Å²) in [5, 5.41) is 8.33. The Morgan fingerprint density at radius 1 is 1.20 bits per heavy atom. The smallest absolute Gasteiger partial charge is 0.418 e. The number of carbonyl (C=O) groups is 1. The molecule has 144 valence electrons. The van der Waals surface area contributed by atoms with Crippen molar-refractivity contribution in [3.8, 4) is 0 Å². The second-order valence-corrected chi connectivity index (χ2v) is 9.36. The van der Waals surface area contributed by atoms with E-state index in [1.807, 2.05) is 0 Å². The minimum absolute atomic E-state index is 0.216. The minimum Gasteiger partial charge on any atom is -0.464 e. The Balaban J connectivity index is 0.00000101. The van der Waals surface area contributed by atoms with E-state index in [0.29, 0.717) is 22.8 Å². The number of rotatable bonds is 5. The highest BCUT2D eigenvalue weighted by atomic mass is 32.2. The summed E-state index contributed by atoms with van der Waals surface area (Å²) in [5.41, 5.74) is -0.440. The van der Waals surface area contributed by atoms with E-state index < -0.39 is 26.9 Å². The van der Waals surface area contributed by atoms with Gasteiger partial charge in [-0.25, -0.2) is 17.8 Å². The summed E-state index contributed by atoms with van der Waals surface area (Å²) in [6.07, 6.45) is -0.633. The van der Waals surface area contributed by atoms with Crippen LogP contribution >= 0.6 is 0 Å². The van der Waals surface area contributed by atoms with Gasteiger partial charge in [-0.3, -0.25) is 9.52 Å². The van der Waals surface area contributed by atoms with Crippen molar-refractivity contribution in [1.82, 2.24) is 4.57 Å². The van der Waals surface area contributed by atoms with E-state index in [9.17, 15) is 18.0 Å². The van der Waals surface area contributed by atoms with Gasteiger partial charge in [-0.05, 0) is 37.3 Å². The molecule has 0 amide bonds. The molecule has 0 aliphatic heterocycles.